The van der Waals surface area contributed by atoms with E-state index in [4.69, 9.17) is 4.74 Å². The zero-order chi connectivity index (χ0) is 10.8. The van der Waals surface area contributed by atoms with Crippen molar-refractivity contribution < 1.29 is 22.0 Å². The summed E-state index contributed by atoms with van der Waals surface area (Å²) in [5.74, 6) is 0. The van der Waals surface area contributed by atoms with Gasteiger partial charge in [0.25, 0.3) is 0 Å². The number of unbranched alkanes of at least 4 members (excludes halogenated alkanes) is 5. The molecule has 16 heavy (non-hydrogen) atoms. The number of hydrogen-bond donors (Lipinski definition) is 1. The standard InChI is InChI=1S/C12H22N2O.ClH/c1-2-3-4-5-6-7-10-15-12-14-9-8-13-11-14;/h8-9,11H,2-7,10,12H2,1H3;1H. The Morgan fingerprint density at radius 3 is 2.56 bits per heavy atom. The molecule has 0 saturated heterocycles. The van der Waals surface area contributed by atoms with Gasteiger partial charge in [-0.2, -0.15) is 0 Å². The Bertz CT molecular complexity index is 195. The van der Waals surface area contributed by atoms with E-state index in [1.165, 1.54) is 43.4 Å². The monoisotopic (exact) mass is 246 g/mol. The summed E-state index contributed by atoms with van der Waals surface area (Å²) in [6, 6.07) is 0. The molecule has 1 aliphatic rings. The molecule has 0 spiro atoms. The summed E-state index contributed by atoms with van der Waals surface area (Å²) in [6.45, 7) is 3.85. The van der Waals surface area contributed by atoms with Crippen molar-refractivity contribution in [3.63, 3.8) is 0 Å². The van der Waals surface area contributed by atoms with Crippen molar-refractivity contribution in [2.45, 2.75) is 45.4 Å². The Morgan fingerprint density at radius 2 is 1.88 bits per heavy atom. The quantitative estimate of drug-likeness (QED) is 0.504. The van der Waals surface area contributed by atoms with Crippen molar-refractivity contribution in [1.82, 2.24) is 0 Å². The van der Waals surface area contributed by atoms with Gasteiger partial charge in [0.05, 0.1) is 12.8 Å². The van der Waals surface area contributed by atoms with Gasteiger partial charge < -0.3 is 17.1 Å². The third-order valence-electron chi connectivity index (χ3n) is 2.53. The Labute approximate surface area is 105 Å². The van der Waals surface area contributed by atoms with E-state index in [1.54, 1.807) is 0 Å². The summed E-state index contributed by atoms with van der Waals surface area (Å²) in [5, 5.41) is 0. The van der Waals surface area contributed by atoms with Crippen molar-refractivity contribution in [1.29, 1.82) is 0 Å². The van der Waals surface area contributed by atoms with Crippen molar-refractivity contribution in [3.05, 3.63) is 12.4 Å². The summed E-state index contributed by atoms with van der Waals surface area (Å²) >= 11 is 0. The van der Waals surface area contributed by atoms with Gasteiger partial charge in [-0.3, -0.25) is 0 Å². The molecule has 3 nitrogen and oxygen atoms in total. The van der Waals surface area contributed by atoms with Crippen LogP contribution in [0.25, 0.3) is 0 Å². The van der Waals surface area contributed by atoms with Crippen molar-refractivity contribution in [2.75, 3.05) is 13.3 Å². The average Bonchev–Trinajstić information content (AvgIpc) is 2.75. The van der Waals surface area contributed by atoms with Crippen molar-refractivity contribution in [3.8, 4) is 0 Å². The van der Waals surface area contributed by atoms with Crippen molar-refractivity contribution in [2.24, 2.45) is 4.99 Å². The molecule has 0 aromatic rings. The van der Waals surface area contributed by atoms with Crippen LogP contribution in [0.5, 0.6) is 0 Å². The minimum absolute atomic E-state index is 0. The molecule has 0 fully saturated rings. The molecule has 0 saturated carbocycles. The Kier molecular flexibility index (Phi) is 10.9. The van der Waals surface area contributed by atoms with Gasteiger partial charge in [0.2, 0.25) is 0 Å². The van der Waals surface area contributed by atoms with E-state index in [9.17, 15) is 0 Å². The van der Waals surface area contributed by atoms with Gasteiger partial charge in [-0.05, 0) is 6.42 Å². The number of ether oxygens (including phenoxy) is 1. The van der Waals surface area contributed by atoms with Crippen LogP contribution in [-0.2, 0) is 4.74 Å². The van der Waals surface area contributed by atoms with Gasteiger partial charge >= 0.3 is 0 Å². The highest BCUT2D eigenvalue weighted by Gasteiger charge is 2.03. The number of rotatable bonds is 9. The molecule has 4 heteroatoms. The van der Waals surface area contributed by atoms with E-state index in [2.05, 4.69) is 11.9 Å². The average molecular weight is 247 g/mol. The molecular formula is C12H23ClN2O. The van der Waals surface area contributed by atoms with E-state index in [0.29, 0.717) is 0 Å². The highest BCUT2D eigenvalue weighted by molar-refractivity contribution is 5.47. The van der Waals surface area contributed by atoms with E-state index in [-0.39, 0.29) is 12.4 Å². The van der Waals surface area contributed by atoms with Gasteiger partial charge in [0, 0.05) is 0 Å². The van der Waals surface area contributed by atoms with Crippen LogP contribution in [0.4, 0.5) is 0 Å². The molecule has 1 rings (SSSR count). The number of nitrogens with one attached hydrogen (secondary N) is 1. The summed E-state index contributed by atoms with van der Waals surface area (Å²) in [4.78, 5) is 5.17. The minimum atomic E-state index is 0. The van der Waals surface area contributed by atoms with Gasteiger partial charge in [-0.1, -0.05) is 39.0 Å². The fourth-order valence-electron chi connectivity index (χ4n) is 1.58. The summed E-state index contributed by atoms with van der Waals surface area (Å²) in [6.07, 6.45) is 13.6. The van der Waals surface area contributed by atoms with Crippen LogP contribution in [0, 0.1) is 0 Å². The fourth-order valence-corrected chi connectivity index (χ4v) is 1.58. The van der Waals surface area contributed by atoms with Crippen LogP contribution in [0.2, 0.25) is 0 Å². The lowest BCUT2D eigenvalue weighted by molar-refractivity contribution is -0.764. The fraction of sp³-hybridized carbons (Fsp3) is 0.750. The second-order valence-electron chi connectivity index (χ2n) is 3.99. The molecule has 1 unspecified atom stereocenters. The molecular weight excluding hydrogens is 224 g/mol. The number of hydrogen-bond acceptors (Lipinski definition) is 2. The van der Waals surface area contributed by atoms with E-state index in [0.717, 1.165) is 13.3 Å². The maximum Gasteiger partial charge on any atom is 0.195 e. The molecule has 1 heterocycles. The zero-order valence-electron chi connectivity index (χ0n) is 10.1. The zero-order valence-corrected chi connectivity index (χ0v) is 10.9. The van der Waals surface area contributed by atoms with Gasteiger partial charge in [0.15, 0.2) is 13.1 Å². The molecule has 0 amide bonds. The van der Waals surface area contributed by atoms with Crippen LogP contribution in [-0.4, -0.2) is 19.7 Å². The molecule has 0 radical (unpaired) electrons. The number of quaternary nitrogens is 1. The van der Waals surface area contributed by atoms with Crippen LogP contribution in [0.15, 0.2) is 17.4 Å². The smallest absolute Gasteiger partial charge is 0.195 e. The minimum Gasteiger partial charge on any atom is -1.00 e. The first-order valence-corrected chi connectivity index (χ1v) is 6.07. The molecule has 0 aliphatic carbocycles. The summed E-state index contributed by atoms with van der Waals surface area (Å²) < 4.78 is 5.54. The summed E-state index contributed by atoms with van der Waals surface area (Å²) in [5.41, 5.74) is 0. The topological polar surface area (TPSA) is 26.0 Å². The van der Waals surface area contributed by atoms with E-state index in [1.807, 2.05) is 18.7 Å². The predicted molar refractivity (Wildman–Crippen MR) is 62.8 cm³/mol. The third kappa shape index (κ3) is 7.85. The van der Waals surface area contributed by atoms with E-state index < -0.39 is 0 Å². The SMILES string of the molecule is CCCCCCCCOC[NH+]1C=CN=C1.[Cl-]. The third-order valence-corrected chi connectivity index (χ3v) is 2.53. The van der Waals surface area contributed by atoms with Crippen LogP contribution in [0.1, 0.15) is 45.4 Å². The highest BCUT2D eigenvalue weighted by Crippen LogP contribution is 2.04. The van der Waals surface area contributed by atoms with Crippen molar-refractivity contribution >= 4 is 6.34 Å². The summed E-state index contributed by atoms with van der Waals surface area (Å²) in [7, 11) is 0. The van der Waals surface area contributed by atoms with Crippen LogP contribution < -0.4 is 17.3 Å². The molecule has 1 atom stereocenters. The van der Waals surface area contributed by atoms with Gasteiger partial charge in [-0.25, -0.2) is 9.89 Å². The molecule has 0 aromatic carbocycles. The largest absolute Gasteiger partial charge is 1.00 e. The maximum absolute atomic E-state index is 5.54. The first kappa shape index (κ1) is 15.6. The second kappa shape index (κ2) is 11.1. The molecule has 94 valence electrons. The van der Waals surface area contributed by atoms with Crippen LogP contribution >= 0.6 is 0 Å². The van der Waals surface area contributed by atoms with Crippen LogP contribution in [0.3, 0.4) is 0 Å². The lowest BCUT2D eigenvalue weighted by Crippen LogP contribution is -3.05. The number of halogens is 1. The molecule has 1 aliphatic heterocycles. The van der Waals surface area contributed by atoms with Gasteiger partial charge in [-0.15, -0.1) is 0 Å². The maximum atomic E-state index is 5.54. The second-order valence-corrected chi connectivity index (χ2v) is 3.99. The Hall–Kier alpha value is -0.380. The Balaban J connectivity index is 0.00000225. The lowest BCUT2D eigenvalue weighted by Gasteiger charge is -2.06. The normalized spacial score (nSPS) is 17.7. The van der Waals surface area contributed by atoms with Gasteiger partial charge in [0.1, 0.15) is 6.20 Å². The lowest BCUT2D eigenvalue weighted by atomic mass is 10.1. The number of nitrogens with zero attached hydrogens (tertiary/aromatic N) is 1. The first-order valence-electron chi connectivity index (χ1n) is 6.07. The highest BCUT2D eigenvalue weighted by atomic mass is 35.5. The first-order chi connectivity index (χ1) is 7.43. The Morgan fingerprint density at radius 1 is 1.12 bits per heavy atom. The van der Waals surface area contributed by atoms with E-state index >= 15 is 0 Å². The predicted octanol–water partition coefficient (Wildman–Crippen LogP) is -1.28. The molecule has 0 bridgehead atoms. The molecule has 1 N–H and O–H groups in total. The number of aliphatic imine (C=N–C) groups is 1. The molecule has 0 aromatic heterocycles.